The van der Waals surface area contributed by atoms with Gasteiger partial charge in [0.25, 0.3) is 0 Å². The van der Waals surface area contributed by atoms with Gasteiger partial charge in [0.05, 0.1) is 34.3 Å². The van der Waals surface area contributed by atoms with E-state index >= 15 is 0 Å². The Labute approximate surface area is 280 Å². The van der Waals surface area contributed by atoms with Crippen LogP contribution in [0.4, 0.5) is 0 Å². The summed E-state index contributed by atoms with van der Waals surface area (Å²) in [5, 5.41) is 27.6. The maximum atomic E-state index is 11.1. The topological polar surface area (TPSA) is 52.5 Å². The van der Waals surface area contributed by atoms with Gasteiger partial charge in [-0.2, -0.15) is 10.5 Å². The predicted molar refractivity (Wildman–Crippen MR) is 199 cm³/mol. The van der Waals surface area contributed by atoms with Gasteiger partial charge in [-0.25, -0.2) is 0 Å². The van der Waals surface area contributed by atoms with Gasteiger partial charge in [0.1, 0.15) is 0 Å². The number of nitrogens with zero attached hydrogens (tertiary/aromatic N) is 3. The van der Waals surface area contributed by atoms with Crippen molar-refractivity contribution in [3.63, 3.8) is 0 Å². The molecular weight excluding hydrogens is 599 g/mol. The maximum Gasteiger partial charge on any atom is 0.180 e. The fourth-order valence-electron chi connectivity index (χ4n) is 7.39. The molecule has 0 aliphatic heterocycles. The van der Waals surface area contributed by atoms with Crippen LogP contribution in [0.25, 0.3) is 38.6 Å². The summed E-state index contributed by atoms with van der Waals surface area (Å²) in [6, 6.07) is 66.1. The van der Waals surface area contributed by atoms with E-state index in [2.05, 4.69) is 162 Å². The Morgan fingerprint density at radius 3 is 1.67 bits per heavy atom. The number of hydrogen-bond acceptors (Lipinski definition) is 2. The fourth-order valence-corrected chi connectivity index (χ4v) is 12.3. The molecule has 0 saturated carbocycles. The summed E-state index contributed by atoms with van der Waals surface area (Å²) in [6.07, 6.45) is 0. The molecule has 0 amide bonds. The summed E-state index contributed by atoms with van der Waals surface area (Å²) in [5.74, 6) is 0. The van der Waals surface area contributed by atoms with Gasteiger partial charge < -0.3 is 4.57 Å². The second kappa shape index (κ2) is 12.0. The number of rotatable bonds is 6. The molecule has 1 aromatic heterocycles. The molecular formula is C44H29N3Si. The van der Waals surface area contributed by atoms with Crippen molar-refractivity contribution in [3.05, 3.63) is 187 Å². The minimum atomic E-state index is -2.93. The molecule has 0 fully saturated rings. The lowest BCUT2D eigenvalue weighted by Crippen LogP contribution is -2.75. The number of fused-ring (bicyclic) bond motifs is 3. The van der Waals surface area contributed by atoms with E-state index in [1.807, 2.05) is 30.3 Å². The van der Waals surface area contributed by atoms with Crippen LogP contribution in [-0.2, 0) is 0 Å². The van der Waals surface area contributed by atoms with E-state index in [4.69, 9.17) is 0 Å². The number of aromatic nitrogens is 1. The molecule has 0 aliphatic carbocycles. The van der Waals surface area contributed by atoms with Crippen molar-refractivity contribution in [1.82, 2.24) is 4.57 Å². The highest BCUT2D eigenvalue weighted by molar-refractivity contribution is 7.20. The molecule has 0 radical (unpaired) electrons. The molecule has 4 heteroatoms. The summed E-state index contributed by atoms with van der Waals surface area (Å²) in [5.41, 5.74) is 6.31. The van der Waals surface area contributed by atoms with E-state index in [1.54, 1.807) is 0 Å². The van der Waals surface area contributed by atoms with Crippen molar-refractivity contribution in [1.29, 1.82) is 10.5 Å². The molecule has 8 rings (SSSR count). The van der Waals surface area contributed by atoms with Crippen molar-refractivity contribution in [2.45, 2.75) is 0 Å². The summed E-state index contributed by atoms with van der Waals surface area (Å²) < 4.78 is 2.25. The lowest BCUT2D eigenvalue weighted by molar-refractivity contribution is 1.18. The zero-order valence-corrected chi connectivity index (χ0v) is 27.1. The third-order valence-corrected chi connectivity index (χ3v) is 14.2. The van der Waals surface area contributed by atoms with Crippen molar-refractivity contribution < 1.29 is 0 Å². The van der Waals surface area contributed by atoms with E-state index in [0.29, 0.717) is 11.1 Å². The van der Waals surface area contributed by atoms with Gasteiger partial charge in [-0.15, -0.1) is 0 Å². The zero-order chi connectivity index (χ0) is 32.5. The number of hydrogen-bond donors (Lipinski definition) is 0. The van der Waals surface area contributed by atoms with Crippen molar-refractivity contribution >= 4 is 50.6 Å². The second-order valence-corrected chi connectivity index (χ2v) is 15.7. The van der Waals surface area contributed by atoms with Crippen molar-refractivity contribution in [2.75, 3.05) is 0 Å². The Kier molecular flexibility index (Phi) is 7.27. The summed E-state index contributed by atoms with van der Waals surface area (Å²) in [6.45, 7) is 0. The zero-order valence-electron chi connectivity index (χ0n) is 26.1. The Bertz CT molecular complexity index is 2430. The van der Waals surface area contributed by atoms with Gasteiger partial charge in [-0.1, -0.05) is 140 Å². The molecule has 0 bridgehead atoms. The molecule has 8 aromatic rings. The van der Waals surface area contributed by atoms with Gasteiger partial charge >= 0.3 is 0 Å². The van der Waals surface area contributed by atoms with Crippen LogP contribution in [0.1, 0.15) is 11.1 Å². The van der Waals surface area contributed by atoms with Gasteiger partial charge in [-0.3, -0.25) is 0 Å². The van der Waals surface area contributed by atoms with Gasteiger partial charge in [0.2, 0.25) is 0 Å². The van der Waals surface area contributed by atoms with Crippen LogP contribution in [0, 0.1) is 22.7 Å². The van der Waals surface area contributed by atoms with Crippen LogP contribution in [0.3, 0.4) is 0 Å². The highest BCUT2D eigenvalue weighted by Gasteiger charge is 2.43. The van der Waals surface area contributed by atoms with Crippen molar-refractivity contribution in [2.24, 2.45) is 0 Å². The Hall–Kier alpha value is -6.46. The molecule has 0 aliphatic rings. The highest BCUT2D eigenvalue weighted by atomic mass is 28.3. The van der Waals surface area contributed by atoms with E-state index in [0.717, 1.165) is 43.8 Å². The second-order valence-electron chi connectivity index (χ2n) is 11.9. The van der Waals surface area contributed by atoms with Gasteiger partial charge in [0, 0.05) is 16.5 Å². The molecule has 7 aromatic carbocycles. The standard InChI is InChI=1S/C44H29N3Si/c45-30-32-26-27-43-40(28-32)39-22-10-11-24-42(39)47(43)34-15-12-14-33(29-34)38-23-13-25-44(41(38)31-46)48(35-16-4-1-5-17-35,36-18-6-2-7-19-36)37-20-8-3-9-21-37/h1-29H. The molecule has 0 atom stereocenters. The molecule has 3 nitrogen and oxygen atoms in total. The average Bonchev–Trinajstić information content (AvgIpc) is 3.50. The number of para-hydroxylation sites is 1. The quantitative estimate of drug-likeness (QED) is 0.141. The monoisotopic (exact) mass is 627 g/mol. The van der Waals surface area contributed by atoms with Crippen LogP contribution in [-0.4, -0.2) is 12.6 Å². The SMILES string of the molecule is N#Cc1ccc2c(c1)c1ccccc1n2-c1cccc(-c2cccc([Si](c3ccccc3)(c3ccccc3)c3ccccc3)c2C#N)c1. The van der Waals surface area contributed by atoms with Crippen LogP contribution < -0.4 is 20.7 Å². The summed E-state index contributed by atoms with van der Waals surface area (Å²) in [4.78, 5) is 0. The lowest BCUT2D eigenvalue weighted by atomic mass is 9.99. The van der Waals surface area contributed by atoms with Crippen molar-refractivity contribution in [3.8, 4) is 29.0 Å². The first-order valence-electron chi connectivity index (χ1n) is 16.0. The molecule has 0 N–H and O–H groups in total. The number of nitriles is 2. The molecule has 1 heterocycles. The van der Waals surface area contributed by atoms with E-state index < -0.39 is 8.07 Å². The van der Waals surface area contributed by atoms with Crippen LogP contribution in [0.2, 0.25) is 0 Å². The summed E-state index contributed by atoms with van der Waals surface area (Å²) in [7, 11) is -2.93. The predicted octanol–water partition coefficient (Wildman–Crippen LogP) is 7.57. The maximum absolute atomic E-state index is 11.1. The molecule has 0 saturated heterocycles. The first-order chi connectivity index (χ1) is 23.7. The fraction of sp³-hybridized carbons (Fsp3) is 0. The minimum Gasteiger partial charge on any atom is -0.309 e. The normalized spacial score (nSPS) is 11.3. The molecule has 224 valence electrons. The smallest absolute Gasteiger partial charge is 0.180 e. The van der Waals surface area contributed by atoms with E-state index in [9.17, 15) is 10.5 Å². The van der Waals surface area contributed by atoms with E-state index in [-0.39, 0.29) is 0 Å². The first-order valence-corrected chi connectivity index (χ1v) is 18.0. The average molecular weight is 628 g/mol. The molecule has 48 heavy (non-hydrogen) atoms. The third-order valence-electron chi connectivity index (χ3n) is 9.42. The minimum absolute atomic E-state index is 0.637. The summed E-state index contributed by atoms with van der Waals surface area (Å²) >= 11 is 0. The van der Waals surface area contributed by atoms with Crippen LogP contribution in [0.15, 0.2) is 176 Å². The van der Waals surface area contributed by atoms with Crippen LogP contribution >= 0.6 is 0 Å². The third kappa shape index (κ3) is 4.55. The van der Waals surface area contributed by atoms with Gasteiger partial charge in [0.15, 0.2) is 8.07 Å². The largest absolute Gasteiger partial charge is 0.309 e. The highest BCUT2D eigenvalue weighted by Crippen LogP contribution is 2.34. The van der Waals surface area contributed by atoms with Crippen LogP contribution in [0.5, 0.6) is 0 Å². The number of benzene rings is 7. The molecule has 0 spiro atoms. The first kappa shape index (κ1) is 29.0. The molecule has 0 unspecified atom stereocenters. The Morgan fingerprint density at radius 2 is 1.04 bits per heavy atom. The van der Waals surface area contributed by atoms with E-state index in [1.165, 1.54) is 15.6 Å². The Balaban J connectivity index is 1.40. The lowest BCUT2D eigenvalue weighted by Gasteiger charge is -2.35. The Morgan fingerprint density at radius 1 is 0.458 bits per heavy atom. The van der Waals surface area contributed by atoms with Gasteiger partial charge in [-0.05, 0) is 68.3 Å².